The number of amides is 3. The summed E-state index contributed by atoms with van der Waals surface area (Å²) in [7, 11) is 1.58. The Bertz CT molecular complexity index is 1620. The van der Waals surface area contributed by atoms with Crippen molar-refractivity contribution in [3.63, 3.8) is 0 Å². The van der Waals surface area contributed by atoms with Crippen molar-refractivity contribution >= 4 is 56.0 Å². The Morgan fingerprint density at radius 3 is 2.60 bits per heavy atom. The first-order valence-electron chi connectivity index (χ1n) is 14.1. The predicted molar refractivity (Wildman–Crippen MR) is 162 cm³/mol. The normalized spacial score (nSPS) is 16.4. The number of methoxy groups -OCH3 is 1. The molecule has 0 bridgehead atoms. The number of Topliss-reactive ketones (excluding diaryl/α,β-unsaturated/α-hetero) is 1. The zero-order valence-corrected chi connectivity index (χ0v) is 24.9. The Labute approximate surface area is 247 Å². The topological polar surface area (TPSA) is 142 Å². The summed E-state index contributed by atoms with van der Waals surface area (Å²) in [5.41, 5.74) is 2.57. The summed E-state index contributed by atoms with van der Waals surface area (Å²) >= 11 is 1.26. The van der Waals surface area contributed by atoms with Gasteiger partial charge in [-0.15, -0.1) is 11.3 Å². The van der Waals surface area contributed by atoms with Crippen LogP contribution in [0.5, 0.6) is 5.75 Å². The van der Waals surface area contributed by atoms with Gasteiger partial charge in [-0.3, -0.25) is 19.2 Å². The smallest absolute Gasteiger partial charge is 0.268 e. The summed E-state index contributed by atoms with van der Waals surface area (Å²) in [6.07, 6.45) is 1.09. The molecule has 220 valence electrons. The molecule has 4 aromatic rings. The van der Waals surface area contributed by atoms with Gasteiger partial charge in [0.1, 0.15) is 17.5 Å². The van der Waals surface area contributed by atoms with Gasteiger partial charge in [0.05, 0.1) is 23.4 Å². The van der Waals surface area contributed by atoms with Crippen LogP contribution >= 0.6 is 11.3 Å². The van der Waals surface area contributed by atoms with Crippen molar-refractivity contribution in [3.8, 4) is 5.75 Å². The number of nitrogens with zero attached hydrogens (tertiary/aromatic N) is 1. The number of aromatic amines is 1. The number of carbonyl (C=O) groups is 4. The third-order valence-electron chi connectivity index (χ3n) is 7.64. The van der Waals surface area contributed by atoms with Crippen molar-refractivity contribution in [2.45, 2.75) is 52.1 Å². The zero-order valence-electron chi connectivity index (χ0n) is 24.1. The molecule has 0 spiro atoms. The highest BCUT2D eigenvalue weighted by Gasteiger charge is 2.35. The Hall–Kier alpha value is -4.25. The van der Waals surface area contributed by atoms with E-state index < -0.39 is 29.8 Å². The number of carbonyl (C=O) groups excluding carboxylic acids is 4. The molecule has 0 radical (unpaired) electrons. The van der Waals surface area contributed by atoms with Crippen molar-refractivity contribution in [3.05, 3.63) is 58.7 Å². The molecule has 10 nitrogen and oxygen atoms in total. The molecule has 0 aliphatic carbocycles. The standard InChI is InChI=1S/C31H35N5O5S/c1-16(2)13-24(35-30(40)26-17(3)20-15-19(41-4)9-10-21(20)33-26)29(39)34-23(14-18-11-12-32-28(18)38)27(37)31-36-22-7-5-6-8-25(22)42-31/h5-10,15-16,18,23-24,33H,11-14H2,1-4H3,(H,32,38)(H,34,39)(H,35,40)/t18-,23-,24-/m0/s1. The molecule has 3 amide bonds. The molecule has 0 unspecified atom stereocenters. The summed E-state index contributed by atoms with van der Waals surface area (Å²) in [6.45, 7) is 6.28. The number of H-pyrrole nitrogens is 1. The molecule has 1 aliphatic heterocycles. The van der Waals surface area contributed by atoms with Crippen LogP contribution in [-0.4, -0.2) is 59.2 Å². The molecule has 3 atom stereocenters. The summed E-state index contributed by atoms with van der Waals surface area (Å²) in [4.78, 5) is 61.0. The van der Waals surface area contributed by atoms with E-state index in [1.165, 1.54) is 11.3 Å². The maximum absolute atomic E-state index is 13.7. The summed E-state index contributed by atoms with van der Waals surface area (Å²) in [5.74, 6) is -1.04. The van der Waals surface area contributed by atoms with E-state index >= 15 is 0 Å². The monoisotopic (exact) mass is 589 g/mol. The van der Waals surface area contributed by atoms with E-state index in [9.17, 15) is 19.2 Å². The number of ketones is 1. The molecule has 4 N–H and O–H groups in total. The lowest BCUT2D eigenvalue weighted by molar-refractivity contribution is -0.125. The molecule has 2 aromatic heterocycles. The number of benzene rings is 2. The van der Waals surface area contributed by atoms with E-state index in [2.05, 4.69) is 25.9 Å². The first-order valence-corrected chi connectivity index (χ1v) is 14.9. The minimum Gasteiger partial charge on any atom is -0.497 e. The Kier molecular flexibility index (Phi) is 8.58. The van der Waals surface area contributed by atoms with Crippen LogP contribution in [0.4, 0.5) is 0 Å². The molecule has 3 heterocycles. The van der Waals surface area contributed by atoms with Crippen LogP contribution in [0.1, 0.15) is 59.0 Å². The van der Waals surface area contributed by atoms with Gasteiger partial charge >= 0.3 is 0 Å². The number of hydrogen-bond acceptors (Lipinski definition) is 7. The Balaban J connectivity index is 1.39. The zero-order chi connectivity index (χ0) is 30.0. The lowest BCUT2D eigenvalue weighted by Gasteiger charge is -2.24. The first kappa shape index (κ1) is 29.2. The molecule has 0 saturated carbocycles. The van der Waals surface area contributed by atoms with Gasteiger partial charge in [-0.25, -0.2) is 4.98 Å². The van der Waals surface area contributed by atoms with Gasteiger partial charge in [-0.1, -0.05) is 26.0 Å². The van der Waals surface area contributed by atoms with Crippen LogP contribution in [0.25, 0.3) is 21.1 Å². The van der Waals surface area contributed by atoms with E-state index in [-0.39, 0.29) is 29.0 Å². The number of aryl methyl sites for hydroxylation is 1. The summed E-state index contributed by atoms with van der Waals surface area (Å²) < 4.78 is 6.18. The largest absolute Gasteiger partial charge is 0.497 e. The van der Waals surface area contributed by atoms with Crippen molar-refractivity contribution in [2.75, 3.05) is 13.7 Å². The third-order valence-corrected chi connectivity index (χ3v) is 8.69. The van der Waals surface area contributed by atoms with Crippen molar-refractivity contribution < 1.29 is 23.9 Å². The molecule has 11 heteroatoms. The lowest BCUT2D eigenvalue weighted by Crippen LogP contribution is -2.52. The minimum absolute atomic E-state index is 0.0770. The predicted octanol–water partition coefficient (Wildman–Crippen LogP) is 4.13. The van der Waals surface area contributed by atoms with Crippen LogP contribution in [0.15, 0.2) is 42.5 Å². The molecule has 1 aliphatic rings. The van der Waals surface area contributed by atoms with Gasteiger partial charge in [0.15, 0.2) is 5.01 Å². The summed E-state index contributed by atoms with van der Waals surface area (Å²) in [6, 6.07) is 11.1. The number of nitrogens with one attached hydrogen (secondary N) is 4. The minimum atomic E-state index is -0.972. The molecular weight excluding hydrogens is 554 g/mol. The van der Waals surface area contributed by atoms with Gasteiger partial charge in [0, 0.05) is 23.4 Å². The maximum atomic E-state index is 13.7. The van der Waals surface area contributed by atoms with E-state index in [0.29, 0.717) is 36.3 Å². The second-order valence-electron chi connectivity index (χ2n) is 11.1. The van der Waals surface area contributed by atoms with Crippen LogP contribution in [0, 0.1) is 18.8 Å². The van der Waals surface area contributed by atoms with Gasteiger partial charge in [0.2, 0.25) is 17.6 Å². The van der Waals surface area contributed by atoms with Crippen molar-refractivity contribution in [1.29, 1.82) is 0 Å². The van der Waals surface area contributed by atoms with Gasteiger partial charge in [-0.05, 0) is 68.0 Å². The first-order chi connectivity index (χ1) is 20.1. The number of ether oxygens (including phenoxy) is 1. The number of fused-ring (bicyclic) bond motifs is 2. The maximum Gasteiger partial charge on any atom is 0.268 e. The van der Waals surface area contributed by atoms with Crippen LogP contribution in [0.3, 0.4) is 0 Å². The second kappa shape index (κ2) is 12.3. The van der Waals surface area contributed by atoms with E-state index in [4.69, 9.17) is 4.74 Å². The SMILES string of the molecule is COc1ccc2[nH]c(C(=O)N[C@@H](CC(C)C)C(=O)N[C@@H](C[C@@H]3CCNC3=O)C(=O)c3nc4ccccc4s3)c(C)c2c1. The average Bonchev–Trinajstić information content (AvgIpc) is 3.68. The molecule has 5 rings (SSSR count). The summed E-state index contributed by atoms with van der Waals surface area (Å²) in [5, 5.41) is 9.69. The average molecular weight is 590 g/mol. The molecule has 42 heavy (non-hydrogen) atoms. The number of thiazole rings is 1. The highest BCUT2D eigenvalue weighted by atomic mass is 32.1. The molecule has 1 fully saturated rings. The van der Waals surface area contributed by atoms with E-state index in [0.717, 1.165) is 21.2 Å². The number of aromatic nitrogens is 2. The van der Waals surface area contributed by atoms with Gasteiger partial charge in [-0.2, -0.15) is 0 Å². The van der Waals surface area contributed by atoms with E-state index in [1.54, 1.807) is 7.11 Å². The number of hydrogen-bond donors (Lipinski definition) is 4. The fraction of sp³-hybridized carbons (Fsp3) is 0.387. The van der Waals surface area contributed by atoms with E-state index in [1.807, 2.05) is 63.2 Å². The van der Waals surface area contributed by atoms with Crippen LogP contribution in [0.2, 0.25) is 0 Å². The number of para-hydroxylation sites is 1. The number of rotatable bonds is 11. The van der Waals surface area contributed by atoms with Crippen LogP contribution < -0.4 is 20.7 Å². The molecule has 1 saturated heterocycles. The quantitative estimate of drug-likeness (QED) is 0.194. The molecular formula is C31H35N5O5S. The van der Waals surface area contributed by atoms with Gasteiger partial charge < -0.3 is 25.7 Å². The fourth-order valence-electron chi connectivity index (χ4n) is 5.38. The molecule has 2 aromatic carbocycles. The van der Waals surface area contributed by atoms with Crippen molar-refractivity contribution in [1.82, 2.24) is 25.9 Å². The highest BCUT2D eigenvalue weighted by Crippen LogP contribution is 2.27. The van der Waals surface area contributed by atoms with Gasteiger partial charge in [0.25, 0.3) is 5.91 Å². The Morgan fingerprint density at radius 1 is 1.12 bits per heavy atom. The van der Waals surface area contributed by atoms with Crippen LogP contribution in [-0.2, 0) is 9.59 Å². The third kappa shape index (κ3) is 6.15. The second-order valence-corrected chi connectivity index (χ2v) is 12.1. The fourth-order valence-corrected chi connectivity index (χ4v) is 6.34. The lowest BCUT2D eigenvalue weighted by atomic mass is 9.95. The Morgan fingerprint density at radius 2 is 1.90 bits per heavy atom. The highest BCUT2D eigenvalue weighted by molar-refractivity contribution is 7.20. The van der Waals surface area contributed by atoms with Crippen molar-refractivity contribution in [2.24, 2.45) is 11.8 Å².